The van der Waals surface area contributed by atoms with Crippen LogP contribution < -0.4 is 5.32 Å². The Hall–Kier alpha value is -4.19. The maximum atomic E-state index is 13.1. The molecule has 1 aliphatic rings. The van der Waals surface area contributed by atoms with Gasteiger partial charge in [0.2, 0.25) is 5.91 Å². The summed E-state index contributed by atoms with van der Waals surface area (Å²) in [5.74, 6) is -0.193. The van der Waals surface area contributed by atoms with Gasteiger partial charge in [0.05, 0.1) is 12.5 Å². The van der Waals surface area contributed by atoms with Crippen LogP contribution in [0.2, 0.25) is 0 Å². The minimum atomic E-state index is -0.197. The highest BCUT2D eigenvalue weighted by Crippen LogP contribution is 2.25. The fourth-order valence-electron chi connectivity index (χ4n) is 4.91. The van der Waals surface area contributed by atoms with Crippen molar-refractivity contribution in [2.24, 2.45) is 5.92 Å². The quantitative estimate of drug-likeness (QED) is 0.391. The second kappa shape index (κ2) is 11.2. The smallest absolute Gasteiger partial charge is 0.253 e. The van der Waals surface area contributed by atoms with Crippen LogP contribution in [-0.2, 0) is 17.9 Å². The van der Waals surface area contributed by atoms with Gasteiger partial charge >= 0.3 is 0 Å². The first-order valence-electron chi connectivity index (χ1n) is 12.8. The monoisotopic (exact) mass is 492 g/mol. The first kappa shape index (κ1) is 24.5. The standard InChI is InChI=1S/C31H32N4O2/c1-23-9-13-26(14-10-23)31(37)34-18-4-7-28(22-34)30(36)32-20-27-6-2-3-8-29(27)25-15-11-24(12-16-25)21-35-19-5-17-33-35/h2-3,5-6,8-17,19,28H,4,7,18,20-22H2,1H3,(H,32,36). The van der Waals surface area contributed by atoms with E-state index in [9.17, 15) is 9.59 Å². The normalized spacial score (nSPS) is 15.4. The molecule has 188 valence electrons. The summed E-state index contributed by atoms with van der Waals surface area (Å²) in [5, 5.41) is 7.41. The van der Waals surface area contributed by atoms with Gasteiger partial charge in [-0.3, -0.25) is 14.3 Å². The van der Waals surface area contributed by atoms with E-state index in [1.165, 1.54) is 5.56 Å². The molecule has 2 amide bonds. The number of hydrogen-bond donors (Lipinski definition) is 1. The first-order valence-corrected chi connectivity index (χ1v) is 12.8. The summed E-state index contributed by atoms with van der Waals surface area (Å²) in [6, 6.07) is 26.2. The molecule has 0 spiro atoms. The van der Waals surface area contributed by atoms with Crippen LogP contribution in [0, 0.1) is 12.8 Å². The van der Waals surface area contributed by atoms with Gasteiger partial charge in [0.25, 0.3) is 5.91 Å². The lowest BCUT2D eigenvalue weighted by Crippen LogP contribution is -2.45. The second-order valence-corrected chi connectivity index (χ2v) is 9.73. The number of nitrogens with zero attached hydrogens (tertiary/aromatic N) is 3. The number of benzene rings is 3. The Kier molecular flexibility index (Phi) is 7.45. The highest BCUT2D eigenvalue weighted by molar-refractivity contribution is 5.94. The molecule has 6 heteroatoms. The largest absolute Gasteiger partial charge is 0.352 e. The number of hydrogen-bond acceptors (Lipinski definition) is 3. The second-order valence-electron chi connectivity index (χ2n) is 9.73. The molecule has 1 fully saturated rings. The van der Waals surface area contributed by atoms with Gasteiger partial charge in [0.15, 0.2) is 0 Å². The molecule has 6 nitrogen and oxygen atoms in total. The van der Waals surface area contributed by atoms with Crippen LogP contribution in [0.15, 0.2) is 91.3 Å². The zero-order chi connectivity index (χ0) is 25.6. The third-order valence-corrected chi connectivity index (χ3v) is 7.02. The molecule has 1 unspecified atom stereocenters. The Bertz CT molecular complexity index is 1340. The van der Waals surface area contributed by atoms with Crippen LogP contribution in [-0.4, -0.2) is 39.6 Å². The summed E-state index contributed by atoms with van der Waals surface area (Å²) in [5.41, 5.74) is 6.27. The molecule has 1 N–H and O–H groups in total. The average Bonchev–Trinajstić information content (AvgIpc) is 3.45. The third kappa shape index (κ3) is 5.97. The van der Waals surface area contributed by atoms with Crippen molar-refractivity contribution in [1.29, 1.82) is 0 Å². The van der Waals surface area contributed by atoms with Crippen LogP contribution in [0.25, 0.3) is 11.1 Å². The number of rotatable bonds is 7. The Balaban J connectivity index is 1.21. The maximum absolute atomic E-state index is 13.1. The van der Waals surface area contributed by atoms with Crippen molar-refractivity contribution >= 4 is 11.8 Å². The SMILES string of the molecule is Cc1ccc(C(=O)N2CCCC(C(=O)NCc3ccccc3-c3ccc(Cn4cccn4)cc3)C2)cc1. The lowest BCUT2D eigenvalue weighted by molar-refractivity contribution is -0.126. The molecule has 1 atom stereocenters. The van der Waals surface area contributed by atoms with Crippen LogP contribution in [0.1, 0.15) is 39.9 Å². The summed E-state index contributed by atoms with van der Waals surface area (Å²) in [7, 11) is 0. The number of carbonyl (C=O) groups is 2. The molecular formula is C31H32N4O2. The van der Waals surface area contributed by atoms with Gasteiger partial charge in [0.1, 0.15) is 0 Å². The molecule has 1 saturated heterocycles. The molecule has 4 aromatic rings. The number of aromatic nitrogens is 2. The lowest BCUT2D eigenvalue weighted by Gasteiger charge is -2.32. The van der Waals surface area contributed by atoms with Crippen LogP contribution in [0.3, 0.4) is 0 Å². The zero-order valence-electron chi connectivity index (χ0n) is 21.1. The minimum absolute atomic E-state index is 0.00107. The van der Waals surface area contributed by atoms with Crippen molar-refractivity contribution in [3.8, 4) is 11.1 Å². The van der Waals surface area contributed by atoms with Crippen molar-refractivity contribution in [3.05, 3.63) is 114 Å². The number of carbonyl (C=O) groups excluding carboxylic acids is 2. The molecule has 5 rings (SSSR count). The van der Waals surface area contributed by atoms with E-state index in [4.69, 9.17) is 0 Å². The molecule has 0 radical (unpaired) electrons. The fraction of sp³-hybridized carbons (Fsp3) is 0.258. The molecular weight excluding hydrogens is 460 g/mol. The molecule has 0 aliphatic carbocycles. The van der Waals surface area contributed by atoms with E-state index in [1.807, 2.05) is 65.2 Å². The van der Waals surface area contributed by atoms with Gasteiger partial charge in [-0.2, -0.15) is 5.10 Å². The zero-order valence-corrected chi connectivity index (χ0v) is 21.1. The van der Waals surface area contributed by atoms with Crippen molar-refractivity contribution in [2.75, 3.05) is 13.1 Å². The summed E-state index contributed by atoms with van der Waals surface area (Å²) in [4.78, 5) is 27.9. The molecule has 0 bridgehead atoms. The predicted molar refractivity (Wildman–Crippen MR) is 145 cm³/mol. The average molecular weight is 493 g/mol. The Morgan fingerprint density at radius 3 is 2.51 bits per heavy atom. The van der Waals surface area contributed by atoms with E-state index in [-0.39, 0.29) is 17.7 Å². The molecule has 2 heterocycles. The topological polar surface area (TPSA) is 67.2 Å². The number of aryl methyl sites for hydroxylation is 1. The minimum Gasteiger partial charge on any atom is -0.352 e. The van der Waals surface area contributed by atoms with Gasteiger partial charge in [-0.05, 0) is 60.2 Å². The van der Waals surface area contributed by atoms with E-state index in [0.29, 0.717) is 25.2 Å². The van der Waals surface area contributed by atoms with Gasteiger partial charge in [0, 0.05) is 37.6 Å². The Labute approximate surface area is 217 Å². The van der Waals surface area contributed by atoms with E-state index < -0.39 is 0 Å². The predicted octanol–water partition coefficient (Wildman–Crippen LogP) is 5.08. The fourth-order valence-corrected chi connectivity index (χ4v) is 4.91. The van der Waals surface area contributed by atoms with Crippen molar-refractivity contribution in [3.63, 3.8) is 0 Å². The summed E-state index contributed by atoms with van der Waals surface area (Å²) in [6.07, 6.45) is 5.36. The van der Waals surface area contributed by atoms with Gasteiger partial charge in [-0.25, -0.2) is 0 Å². The van der Waals surface area contributed by atoms with Crippen molar-refractivity contribution in [1.82, 2.24) is 20.0 Å². The Morgan fingerprint density at radius 1 is 0.973 bits per heavy atom. The Morgan fingerprint density at radius 2 is 1.76 bits per heavy atom. The van der Waals surface area contributed by atoms with Crippen molar-refractivity contribution < 1.29 is 9.59 Å². The number of nitrogens with one attached hydrogen (secondary N) is 1. The van der Waals surface area contributed by atoms with Crippen LogP contribution >= 0.6 is 0 Å². The summed E-state index contributed by atoms with van der Waals surface area (Å²) >= 11 is 0. The molecule has 3 aromatic carbocycles. The van der Waals surface area contributed by atoms with Gasteiger partial charge < -0.3 is 10.2 Å². The third-order valence-electron chi connectivity index (χ3n) is 7.02. The first-order chi connectivity index (χ1) is 18.1. The highest BCUT2D eigenvalue weighted by Gasteiger charge is 2.29. The number of piperidine rings is 1. The van der Waals surface area contributed by atoms with E-state index >= 15 is 0 Å². The summed E-state index contributed by atoms with van der Waals surface area (Å²) in [6.45, 7) is 4.33. The maximum Gasteiger partial charge on any atom is 0.253 e. The lowest BCUT2D eigenvalue weighted by atomic mass is 9.95. The van der Waals surface area contributed by atoms with E-state index in [0.717, 1.165) is 41.6 Å². The van der Waals surface area contributed by atoms with E-state index in [2.05, 4.69) is 46.8 Å². The molecule has 1 aromatic heterocycles. The molecule has 37 heavy (non-hydrogen) atoms. The number of amides is 2. The van der Waals surface area contributed by atoms with Crippen LogP contribution in [0.5, 0.6) is 0 Å². The van der Waals surface area contributed by atoms with Gasteiger partial charge in [-0.1, -0.05) is 66.2 Å². The van der Waals surface area contributed by atoms with E-state index in [1.54, 1.807) is 6.20 Å². The molecule has 0 saturated carbocycles. The highest BCUT2D eigenvalue weighted by atomic mass is 16.2. The number of likely N-dealkylation sites (tertiary alicyclic amines) is 1. The van der Waals surface area contributed by atoms with Crippen LogP contribution in [0.4, 0.5) is 0 Å². The van der Waals surface area contributed by atoms with Gasteiger partial charge in [-0.15, -0.1) is 0 Å². The summed E-state index contributed by atoms with van der Waals surface area (Å²) < 4.78 is 1.90. The van der Waals surface area contributed by atoms with Crippen molar-refractivity contribution in [2.45, 2.75) is 32.9 Å². The molecule has 1 aliphatic heterocycles.